The molecule has 1 atom stereocenters. The number of carboxylic acid groups (broad SMARTS) is 1. The summed E-state index contributed by atoms with van der Waals surface area (Å²) < 4.78 is 5.75. The minimum Gasteiger partial charge on any atom is -0.493 e. The summed E-state index contributed by atoms with van der Waals surface area (Å²) in [6, 6.07) is 15.0. The third-order valence-electron chi connectivity index (χ3n) is 4.37. The van der Waals surface area contributed by atoms with Gasteiger partial charge in [0.15, 0.2) is 0 Å². The fraction of sp³-hybridized carbons (Fsp3) is 0.286. The SMILES string of the molecule is CCCOc1ccccc1CN[C@@H](Cc1c[nH]c2ccccc12)C(=O)O. The summed E-state index contributed by atoms with van der Waals surface area (Å²) in [6.45, 7) is 3.15. The van der Waals surface area contributed by atoms with E-state index in [0.717, 1.165) is 34.2 Å². The van der Waals surface area contributed by atoms with Crippen molar-refractivity contribution in [3.8, 4) is 5.75 Å². The monoisotopic (exact) mass is 352 g/mol. The molecule has 1 aromatic heterocycles. The van der Waals surface area contributed by atoms with E-state index in [0.29, 0.717) is 19.6 Å². The van der Waals surface area contributed by atoms with E-state index in [9.17, 15) is 9.90 Å². The zero-order chi connectivity index (χ0) is 18.4. The lowest BCUT2D eigenvalue weighted by Gasteiger charge is -2.16. The average Bonchev–Trinajstić information content (AvgIpc) is 3.07. The van der Waals surface area contributed by atoms with Crippen LogP contribution in [0.3, 0.4) is 0 Å². The number of rotatable bonds is 9. The van der Waals surface area contributed by atoms with Gasteiger partial charge in [-0.3, -0.25) is 10.1 Å². The maximum atomic E-state index is 11.7. The molecule has 0 aliphatic carbocycles. The zero-order valence-corrected chi connectivity index (χ0v) is 14.9. The van der Waals surface area contributed by atoms with Gasteiger partial charge < -0.3 is 14.8 Å². The van der Waals surface area contributed by atoms with Crippen molar-refractivity contribution in [1.29, 1.82) is 0 Å². The molecule has 0 saturated carbocycles. The molecule has 0 aliphatic heterocycles. The van der Waals surface area contributed by atoms with Gasteiger partial charge in [-0.1, -0.05) is 43.3 Å². The van der Waals surface area contributed by atoms with Crippen LogP contribution in [0.25, 0.3) is 10.9 Å². The number of H-pyrrole nitrogens is 1. The highest BCUT2D eigenvalue weighted by atomic mass is 16.5. The predicted octanol–water partition coefficient (Wildman–Crippen LogP) is 3.74. The third-order valence-corrected chi connectivity index (χ3v) is 4.37. The lowest BCUT2D eigenvalue weighted by atomic mass is 10.0. The molecule has 3 rings (SSSR count). The quantitative estimate of drug-likeness (QED) is 0.548. The number of para-hydroxylation sites is 2. The average molecular weight is 352 g/mol. The van der Waals surface area contributed by atoms with Gasteiger partial charge in [-0.25, -0.2) is 0 Å². The fourth-order valence-electron chi connectivity index (χ4n) is 3.00. The van der Waals surface area contributed by atoms with E-state index in [1.165, 1.54) is 0 Å². The van der Waals surface area contributed by atoms with Gasteiger partial charge >= 0.3 is 5.97 Å². The molecule has 0 radical (unpaired) electrons. The highest BCUT2D eigenvalue weighted by molar-refractivity contribution is 5.84. The Bertz CT molecular complexity index is 872. The van der Waals surface area contributed by atoms with Crippen LogP contribution >= 0.6 is 0 Å². The number of benzene rings is 2. The Labute approximate surface area is 153 Å². The Morgan fingerprint density at radius 2 is 1.92 bits per heavy atom. The lowest BCUT2D eigenvalue weighted by Crippen LogP contribution is -2.38. The van der Waals surface area contributed by atoms with Gasteiger partial charge in [-0.15, -0.1) is 0 Å². The smallest absolute Gasteiger partial charge is 0.321 e. The number of carbonyl (C=O) groups is 1. The summed E-state index contributed by atoms with van der Waals surface area (Å²) in [6.07, 6.45) is 3.23. The van der Waals surface area contributed by atoms with Gasteiger partial charge in [0.05, 0.1) is 6.61 Å². The molecule has 26 heavy (non-hydrogen) atoms. The van der Waals surface area contributed by atoms with E-state index in [4.69, 9.17) is 4.74 Å². The first-order chi connectivity index (χ1) is 12.7. The van der Waals surface area contributed by atoms with E-state index < -0.39 is 12.0 Å². The number of hydrogen-bond donors (Lipinski definition) is 3. The van der Waals surface area contributed by atoms with Crippen LogP contribution in [0.15, 0.2) is 54.7 Å². The van der Waals surface area contributed by atoms with Gasteiger partial charge in [0.1, 0.15) is 11.8 Å². The first kappa shape index (κ1) is 18.0. The minimum atomic E-state index is -0.859. The summed E-state index contributed by atoms with van der Waals surface area (Å²) in [4.78, 5) is 14.9. The largest absolute Gasteiger partial charge is 0.493 e. The number of nitrogens with one attached hydrogen (secondary N) is 2. The highest BCUT2D eigenvalue weighted by Gasteiger charge is 2.19. The molecule has 3 N–H and O–H groups in total. The summed E-state index contributed by atoms with van der Waals surface area (Å²) in [7, 11) is 0. The van der Waals surface area contributed by atoms with Crippen molar-refractivity contribution in [3.05, 3.63) is 65.9 Å². The molecule has 0 fully saturated rings. The van der Waals surface area contributed by atoms with Crippen LogP contribution < -0.4 is 10.1 Å². The van der Waals surface area contributed by atoms with E-state index >= 15 is 0 Å². The Balaban J connectivity index is 1.71. The molecule has 0 unspecified atom stereocenters. The number of fused-ring (bicyclic) bond motifs is 1. The lowest BCUT2D eigenvalue weighted by molar-refractivity contribution is -0.139. The maximum Gasteiger partial charge on any atom is 0.321 e. The van der Waals surface area contributed by atoms with E-state index in [-0.39, 0.29) is 0 Å². The second-order valence-electron chi connectivity index (χ2n) is 6.29. The molecule has 136 valence electrons. The van der Waals surface area contributed by atoms with Crippen molar-refractivity contribution in [2.24, 2.45) is 0 Å². The molecular weight excluding hydrogens is 328 g/mol. The highest BCUT2D eigenvalue weighted by Crippen LogP contribution is 2.21. The molecule has 2 aromatic carbocycles. The molecule has 5 heteroatoms. The molecule has 0 saturated heterocycles. The van der Waals surface area contributed by atoms with Gasteiger partial charge in [0, 0.05) is 35.6 Å². The minimum absolute atomic E-state index is 0.414. The molecular formula is C21H24N2O3. The molecule has 0 amide bonds. The van der Waals surface area contributed by atoms with Gasteiger partial charge in [0.25, 0.3) is 0 Å². The first-order valence-corrected chi connectivity index (χ1v) is 8.91. The van der Waals surface area contributed by atoms with Crippen LogP contribution in [0.2, 0.25) is 0 Å². The van der Waals surface area contributed by atoms with Crippen LogP contribution in [0.5, 0.6) is 5.75 Å². The number of aromatic amines is 1. The number of hydrogen-bond acceptors (Lipinski definition) is 3. The van der Waals surface area contributed by atoms with E-state index in [1.54, 1.807) is 0 Å². The van der Waals surface area contributed by atoms with Crippen molar-refractivity contribution in [1.82, 2.24) is 10.3 Å². The van der Waals surface area contributed by atoms with Crippen LogP contribution in [-0.4, -0.2) is 28.7 Å². The van der Waals surface area contributed by atoms with Crippen LogP contribution in [0.1, 0.15) is 24.5 Å². The van der Waals surface area contributed by atoms with Crippen LogP contribution in [0, 0.1) is 0 Å². The Morgan fingerprint density at radius 3 is 2.73 bits per heavy atom. The molecule has 1 heterocycles. The van der Waals surface area contributed by atoms with E-state index in [1.807, 2.05) is 54.7 Å². The summed E-state index contributed by atoms with van der Waals surface area (Å²) in [5, 5.41) is 13.9. The van der Waals surface area contributed by atoms with Gasteiger partial charge in [-0.05, 0) is 24.1 Å². The molecule has 0 bridgehead atoms. The number of carboxylic acids is 1. The predicted molar refractivity (Wildman–Crippen MR) is 102 cm³/mol. The zero-order valence-electron chi connectivity index (χ0n) is 14.9. The van der Waals surface area contributed by atoms with Gasteiger partial charge in [-0.2, -0.15) is 0 Å². The fourth-order valence-corrected chi connectivity index (χ4v) is 3.00. The van der Waals surface area contributed by atoms with Gasteiger partial charge in [0.2, 0.25) is 0 Å². The molecule has 3 aromatic rings. The Morgan fingerprint density at radius 1 is 1.15 bits per heavy atom. The first-order valence-electron chi connectivity index (χ1n) is 8.91. The third kappa shape index (κ3) is 4.24. The van der Waals surface area contributed by atoms with Crippen molar-refractivity contribution in [2.75, 3.05) is 6.61 Å². The number of aromatic nitrogens is 1. The topological polar surface area (TPSA) is 74.3 Å². The Kier molecular flexibility index (Phi) is 5.92. The standard InChI is InChI=1S/C21H24N2O3/c1-2-11-26-20-10-6-3-7-15(20)13-23-19(21(24)25)12-16-14-22-18-9-5-4-8-17(16)18/h3-10,14,19,22-23H,2,11-13H2,1H3,(H,24,25)/t19-/m0/s1. The molecule has 0 aliphatic rings. The number of ether oxygens (including phenoxy) is 1. The van der Waals surface area contributed by atoms with Crippen LogP contribution in [0.4, 0.5) is 0 Å². The second-order valence-corrected chi connectivity index (χ2v) is 6.29. The maximum absolute atomic E-state index is 11.7. The van der Waals surface area contributed by atoms with Crippen molar-refractivity contribution in [3.63, 3.8) is 0 Å². The normalized spacial score (nSPS) is 12.2. The van der Waals surface area contributed by atoms with Crippen molar-refractivity contribution >= 4 is 16.9 Å². The molecule has 0 spiro atoms. The number of aliphatic carboxylic acids is 1. The summed E-state index contributed by atoms with van der Waals surface area (Å²) in [5.74, 6) is -0.0553. The summed E-state index contributed by atoms with van der Waals surface area (Å²) >= 11 is 0. The van der Waals surface area contributed by atoms with Crippen molar-refractivity contribution < 1.29 is 14.6 Å². The van der Waals surface area contributed by atoms with E-state index in [2.05, 4.69) is 17.2 Å². The second kappa shape index (κ2) is 8.54. The molecule has 5 nitrogen and oxygen atoms in total. The summed E-state index contributed by atoms with van der Waals surface area (Å²) in [5.41, 5.74) is 2.98. The van der Waals surface area contributed by atoms with Crippen LogP contribution in [-0.2, 0) is 17.8 Å². The Hall–Kier alpha value is -2.79. The van der Waals surface area contributed by atoms with Crippen molar-refractivity contribution in [2.45, 2.75) is 32.4 Å².